The Morgan fingerprint density at radius 2 is 2.16 bits per heavy atom. The third kappa shape index (κ3) is 2.33. The molecule has 2 heterocycles. The van der Waals surface area contributed by atoms with Crippen LogP contribution in [0, 0.1) is 3.57 Å². The molecule has 1 aliphatic carbocycles. The quantitative estimate of drug-likeness (QED) is 0.826. The highest BCUT2D eigenvalue weighted by Crippen LogP contribution is 2.34. The highest BCUT2D eigenvalue weighted by molar-refractivity contribution is 14.1. The molecule has 19 heavy (non-hydrogen) atoms. The monoisotopic (exact) mass is 370 g/mol. The molecule has 6 heteroatoms. The number of aryl methyl sites for hydroxylation is 1. The summed E-state index contributed by atoms with van der Waals surface area (Å²) in [6.07, 6.45) is 8.17. The van der Waals surface area contributed by atoms with Crippen molar-refractivity contribution in [2.24, 2.45) is 7.05 Å². The van der Waals surface area contributed by atoms with Gasteiger partial charge in [0.25, 0.3) is 5.56 Å². The van der Waals surface area contributed by atoms with E-state index in [2.05, 4.69) is 32.6 Å². The lowest BCUT2D eigenvalue weighted by Crippen LogP contribution is -2.18. The van der Waals surface area contributed by atoms with Crippen molar-refractivity contribution >= 4 is 22.6 Å². The number of nitrogens with one attached hydrogen (secondary N) is 1. The zero-order valence-electron chi connectivity index (χ0n) is 10.7. The maximum atomic E-state index is 12.1. The zero-order chi connectivity index (χ0) is 13.4. The van der Waals surface area contributed by atoms with Crippen molar-refractivity contribution in [3.05, 3.63) is 32.1 Å². The SMILES string of the molecule is Cn1cncc1-c1nc(C2CCCC2)c(I)c(=O)[nH]1. The van der Waals surface area contributed by atoms with Gasteiger partial charge in [0, 0.05) is 13.0 Å². The van der Waals surface area contributed by atoms with Crippen LogP contribution in [-0.2, 0) is 7.05 Å². The third-order valence-electron chi connectivity index (χ3n) is 3.69. The fourth-order valence-corrected chi connectivity index (χ4v) is 3.35. The highest BCUT2D eigenvalue weighted by atomic mass is 127. The molecule has 1 N–H and O–H groups in total. The topological polar surface area (TPSA) is 63.6 Å². The van der Waals surface area contributed by atoms with Gasteiger partial charge in [-0.15, -0.1) is 0 Å². The van der Waals surface area contributed by atoms with E-state index in [0.717, 1.165) is 27.8 Å². The van der Waals surface area contributed by atoms with E-state index in [-0.39, 0.29) is 5.56 Å². The van der Waals surface area contributed by atoms with Crippen LogP contribution in [0.25, 0.3) is 11.5 Å². The Kier molecular flexibility index (Phi) is 3.42. The molecule has 0 radical (unpaired) electrons. The first-order valence-corrected chi connectivity index (χ1v) is 7.51. The zero-order valence-corrected chi connectivity index (χ0v) is 12.8. The van der Waals surface area contributed by atoms with Crippen molar-refractivity contribution < 1.29 is 0 Å². The number of hydrogen-bond donors (Lipinski definition) is 1. The summed E-state index contributed by atoms with van der Waals surface area (Å²) in [5.41, 5.74) is 1.75. The van der Waals surface area contributed by atoms with E-state index in [1.54, 1.807) is 12.5 Å². The molecule has 5 nitrogen and oxygen atoms in total. The Hall–Kier alpha value is -1.18. The van der Waals surface area contributed by atoms with Gasteiger partial charge in [-0.1, -0.05) is 12.8 Å². The second-order valence-corrected chi connectivity index (χ2v) is 6.06. The average Bonchev–Trinajstić information content (AvgIpc) is 3.03. The van der Waals surface area contributed by atoms with Crippen LogP contribution in [0.4, 0.5) is 0 Å². The lowest BCUT2D eigenvalue weighted by molar-refractivity contribution is 0.686. The number of rotatable bonds is 2. The predicted octanol–water partition coefficient (Wildman–Crippen LogP) is 2.43. The number of hydrogen-bond acceptors (Lipinski definition) is 3. The van der Waals surface area contributed by atoms with Crippen LogP contribution in [0.15, 0.2) is 17.3 Å². The van der Waals surface area contributed by atoms with Gasteiger partial charge in [0.1, 0.15) is 9.26 Å². The van der Waals surface area contributed by atoms with Gasteiger partial charge < -0.3 is 9.55 Å². The fourth-order valence-electron chi connectivity index (χ4n) is 2.65. The molecule has 2 aromatic heterocycles. The first-order valence-electron chi connectivity index (χ1n) is 6.43. The van der Waals surface area contributed by atoms with Gasteiger partial charge in [0.05, 0.1) is 18.2 Å². The molecule has 0 atom stereocenters. The van der Waals surface area contributed by atoms with Crippen LogP contribution in [0.5, 0.6) is 0 Å². The van der Waals surface area contributed by atoms with Gasteiger partial charge in [0.2, 0.25) is 0 Å². The van der Waals surface area contributed by atoms with Crippen molar-refractivity contribution in [2.45, 2.75) is 31.6 Å². The Labute approximate surface area is 124 Å². The maximum Gasteiger partial charge on any atom is 0.264 e. The van der Waals surface area contributed by atoms with Crippen molar-refractivity contribution in [1.29, 1.82) is 0 Å². The summed E-state index contributed by atoms with van der Waals surface area (Å²) in [6.45, 7) is 0. The Balaban J connectivity index is 2.12. The normalized spacial score (nSPS) is 16.1. The molecule has 0 amide bonds. The number of halogens is 1. The lowest BCUT2D eigenvalue weighted by atomic mass is 10.0. The number of imidazole rings is 1. The van der Waals surface area contributed by atoms with Crippen LogP contribution in [0.3, 0.4) is 0 Å². The molecule has 1 fully saturated rings. The van der Waals surface area contributed by atoms with Gasteiger partial charge >= 0.3 is 0 Å². The first-order chi connectivity index (χ1) is 9.16. The molecule has 0 unspecified atom stereocenters. The molecule has 1 aliphatic rings. The van der Waals surface area contributed by atoms with Crippen LogP contribution in [0.2, 0.25) is 0 Å². The molecule has 0 spiro atoms. The minimum Gasteiger partial charge on any atom is -0.331 e. The van der Waals surface area contributed by atoms with Crippen LogP contribution < -0.4 is 5.56 Å². The summed E-state index contributed by atoms with van der Waals surface area (Å²) < 4.78 is 2.60. The summed E-state index contributed by atoms with van der Waals surface area (Å²) >= 11 is 2.11. The highest BCUT2D eigenvalue weighted by Gasteiger charge is 2.23. The Morgan fingerprint density at radius 1 is 1.42 bits per heavy atom. The van der Waals surface area contributed by atoms with E-state index >= 15 is 0 Å². The van der Waals surface area contributed by atoms with Crippen LogP contribution in [0.1, 0.15) is 37.3 Å². The van der Waals surface area contributed by atoms with Gasteiger partial charge in [-0.25, -0.2) is 9.97 Å². The summed E-state index contributed by atoms with van der Waals surface area (Å²) in [5.74, 6) is 1.05. The smallest absolute Gasteiger partial charge is 0.264 e. The first kappa shape index (κ1) is 12.8. The van der Waals surface area contributed by atoms with E-state index in [1.165, 1.54) is 12.8 Å². The maximum absolute atomic E-state index is 12.1. The molecular weight excluding hydrogens is 355 g/mol. The standard InChI is InChI=1S/C13H15IN4O/c1-18-7-15-6-9(18)12-16-11(8-4-2-3-5-8)10(14)13(19)17-12/h6-8H,2-5H2,1H3,(H,16,17,19). The number of aromatic amines is 1. The van der Waals surface area contributed by atoms with E-state index in [4.69, 9.17) is 4.98 Å². The number of nitrogens with zero attached hydrogens (tertiary/aromatic N) is 3. The van der Waals surface area contributed by atoms with Gasteiger partial charge in [0.15, 0.2) is 5.82 Å². The molecule has 100 valence electrons. The van der Waals surface area contributed by atoms with Gasteiger partial charge in [-0.3, -0.25) is 4.79 Å². The average molecular weight is 370 g/mol. The van der Waals surface area contributed by atoms with E-state index in [1.807, 2.05) is 11.6 Å². The second kappa shape index (κ2) is 5.07. The third-order valence-corrected chi connectivity index (χ3v) is 4.73. The largest absolute Gasteiger partial charge is 0.331 e. The van der Waals surface area contributed by atoms with Gasteiger partial charge in [-0.2, -0.15) is 0 Å². The van der Waals surface area contributed by atoms with Crippen molar-refractivity contribution in [1.82, 2.24) is 19.5 Å². The molecule has 0 bridgehead atoms. The predicted molar refractivity (Wildman–Crippen MR) is 81.0 cm³/mol. The Bertz CT molecular complexity index is 655. The van der Waals surface area contributed by atoms with Crippen molar-refractivity contribution in [2.75, 3.05) is 0 Å². The number of aromatic nitrogens is 4. The molecule has 2 aromatic rings. The van der Waals surface area contributed by atoms with Crippen LogP contribution in [-0.4, -0.2) is 19.5 Å². The van der Waals surface area contributed by atoms with E-state index in [9.17, 15) is 4.79 Å². The molecule has 0 aliphatic heterocycles. The molecule has 3 rings (SSSR count). The molecule has 0 aromatic carbocycles. The van der Waals surface area contributed by atoms with E-state index in [0.29, 0.717) is 11.7 Å². The summed E-state index contributed by atoms with van der Waals surface area (Å²) in [5, 5.41) is 0. The minimum atomic E-state index is -0.0475. The van der Waals surface area contributed by atoms with E-state index < -0.39 is 0 Å². The van der Waals surface area contributed by atoms with Crippen molar-refractivity contribution in [3.8, 4) is 11.5 Å². The van der Waals surface area contributed by atoms with Crippen molar-refractivity contribution in [3.63, 3.8) is 0 Å². The van der Waals surface area contributed by atoms with Crippen LogP contribution >= 0.6 is 22.6 Å². The summed E-state index contributed by atoms with van der Waals surface area (Å²) in [7, 11) is 1.90. The molecule has 1 saturated carbocycles. The number of H-pyrrole nitrogens is 1. The lowest BCUT2D eigenvalue weighted by Gasteiger charge is -2.12. The minimum absolute atomic E-state index is 0.0475. The fraction of sp³-hybridized carbons (Fsp3) is 0.462. The molecular formula is C13H15IN4O. The summed E-state index contributed by atoms with van der Waals surface area (Å²) in [6, 6.07) is 0. The summed E-state index contributed by atoms with van der Waals surface area (Å²) in [4.78, 5) is 23.7. The Morgan fingerprint density at radius 3 is 2.79 bits per heavy atom. The van der Waals surface area contributed by atoms with Gasteiger partial charge in [-0.05, 0) is 35.4 Å². The molecule has 0 saturated heterocycles. The second-order valence-electron chi connectivity index (χ2n) is 4.98.